The molecule has 1 aliphatic heterocycles. The monoisotopic (exact) mass is 293 g/mol. The van der Waals surface area contributed by atoms with Gasteiger partial charge in [0.15, 0.2) is 0 Å². The highest BCUT2D eigenvalue weighted by molar-refractivity contribution is 6.31. The molecule has 1 aromatic rings. The first kappa shape index (κ1) is 13.9. The van der Waals surface area contributed by atoms with E-state index < -0.39 is 0 Å². The average Bonchev–Trinajstić information content (AvgIpc) is 3.24. The summed E-state index contributed by atoms with van der Waals surface area (Å²) in [5.41, 5.74) is 1.10. The fraction of sp³-hybridized carbons (Fsp3) is 0.533. The normalized spacial score (nSPS) is 23.6. The number of rotatable bonds is 4. The van der Waals surface area contributed by atoms with Crippen molar-refractivity contribution < 1.29 is 4.79 Å². The standard InChI is InChI=1S/C15H20ClN3O/c16-13-4-2-1-3-12(13)14-9-17-7-8-19(14)10-15(20)18-11-5-6-11/h1-4,11,14,17H,5-10H2,(H,18,20). The van der Waals surface area contributed by atoms with Crippen molar-refractivity contribution >= 4 is 17.5 Å². The van der Waals surface area contributed by atoms with Gasteiger partial charge in [-0.2, -0.15) is 0 Å². The molecule has 0 radical (unpaired) electrons. The van der Waals surface area contributed by atoms with Crippen molar-refractivity contribution in [3.8, 4) is 0 Å². The summed E-state index contributed by atoms with van der Waals surface area (Å²) < 4.78 is 0. The Labute approximate surface area is 124 Å². The zero-order chi connectivity index (χ0) is 13.9. The number of hydrogen-bond acceptors (Lipinski definition) is 3. The fourth-order valence-electron chi connectivity index (χ4n) is 2.67. The van der Waals surface area contributed by atoms with Gasteiger partial charge in [-0.25, -0.2) is 0 Å². The van der Waals surface area contributed by atoms with Crippen molar-refractivity contribution in [2.75, 3.05) is 26.2 Å². The molecule has 1 atom stereocenters. The molecular formula is C15H20ClN3O. The van der Waals surface area contributed by atoms with Crippen LogP contribution >= 0.6 is 11.6 Å². The van der Waals surface area contributed by atoms with Gasteiger partial charge in [0.05, 0.1) is 6.54 Å². The first-order valence-corrected chi connectivity index (χ1v) is 7.60. The van der Waals surface area contributed by atoms with Crippen LogP contribution in [0.3, 0.4) is 0 Å². The molecule has 20 heavy (non-hydrogen) atoms. The molecule has 108 valence electrons. The van der Waals surface area contributed by atoms with Crippen molar-refractivity contribution in [2.45, 2.75) is 24.9 Å². The third kappa shape index (κ3) is 3.32. The minimum absolute atomic E-state index is 0.131. The molecule has 0 bridgehead atoms. The molecule has 1 amide bonds. The van der Waals surface area contributed by atoms with Crippen LogP contribution < -0.4 is 10.6 Å². The third-order valence-electron chi connectivity index (χ3n) is 3.91. The van der Waals surface area contributed by atoms with Crippen molar-refractivity contribution in [3.05, 3.63) is 34.9 Å². The number of amides is 1. The van der Waals surface area contributed by atoms with E-state index in [1.54, 1.807) is 0 Å². The maximum absolute atomic E-state index is 12.0. The summed E-state index contributed by atoms with van der Waals surface area (Å²) >= 11 is 6.30. The van der Waals surface area contributed by atoms with Crippen LogP contribution in [0.5, 0.6) is 0 Å². The van der Waals surface area contributed by atoms with Crippen LogP contribution in [0, 0.1) is 0 Å². The van der Waals surface area contributed by atoms with Crippen molar-refractivity contribution in [2.24, 2.45) is 0 Å². The number of piperazine rings is 1. The number of halogens is 1. The summed E-state index contributed by atoms with van der Waals surface area (Å²) in [6, 6.07) is 8.48. The average molecular weight is 294 g/mol. The molecular weight excluding hydrogens is 274 g/mol. The Morgan fingerprint density at radius 1 is 1.40 bits per heavy atom. The Morgan fingerprint density at radius 3 is 2.95 bits per heavy atom. The number of carbonyl (C=O) groups is 1. The van der Waals surface area contributed by atoms with Gasteiger partial charge in [-0.3, -0.25) is 9.69 Å². The first-order valence-electron chi connectivity index (χ1n) is 7.22. The summed E-state index contributed by atoms with van der Waals surface area (Å²) in [5, 5.41) is 7.21. The van der Waals surface area contributed by atoms with Crippen molar-refractivity contribution in [3.63, 3.8) is 0 Å². The number of carbonyl (C=O) groups excluding carboxylic acids is 1. The second kappa shape index (κ2) is 6.12. The number of hydrogen-bond donors (Lipinski definition) is 2. The Balaban J connectivity index is 1.70. The smallest absolute Gasteiger partial charge is 0.234 e. The molecule has 2 N–H and O–H groups in total. The van der Waals surface area contributed by atoms with E-state index in [2.05, 4.69) is 15.5 Å². The summed E-state index contributed by atoms with van der Waals surface area (Å²) in [6.07, 6.45) is 2.25. The molecule has 2 fully saturated rings. The largest absolute Gasteiger partial charge is 0.352 e. The van der Waals surface area contributed by atoms with Crippen LogP contribution in [0.25, 0.3) is 0 Å². The van der Waals surface area contributed by atoms with E-state index in [1.807, 2.05) is 24.3 Å². The van der Waals surface area contributed by atoms with Crippen LogP contribution in [0.1, 0.15) is 24.4 Å². The van der Waals surface area contributed by atoms with Gasteiger partial charge in [0, 0.05) is 36.7 Å². The maximum Gasteiger partial charge on any atom is 0.234 e. The van der Waals surface area contributed by atoms with Crippen LogP contribution in [-0.4, -0.2) is 43.0 Å². The van der Waals surface area contributed by atoms with Gasteiger partial charge in [0.1, 0.15) is 0 Å². The molecule has 1 aliphatic carbocycles. The van der Waals surface area contributed by atoms with Gasteiger partial charge in [-0.1, -0.05) is 29.8 Å². The van der Waals surface area contributed by atoms with Crippen LogP contribution in [0.15, 0.2) is 24.3 Å². The Bertz CT molecular complexity index is 490. The molecule has 2 aliphatic rings. The number of nitrogens with zero attached hydrogens (tertiary/aromatic N) is 1. The molecule has 1 saturated heterocycles. The Kier molecular flexibility index (Phi) is 4.24. The van der Waals surface area contributed by atoms with E-state index in [0.717, 1.165) is 43.1 Å². The zero-order valence-electron chi connectivity index (χ0n) is 11.4. The van der Waals surface area contributed by atoms with Gasteiger partial charge < -0.3 is 10.6 Å². The fourth-order valence-corrected chi connectivity index (χ4v) is 2.93. The van der Waals surface area contributed by atoms with Gasteiger partial charge in [-0.15, -0.1) is 0 Å². The predicted molar refractivity (Wildman–Crippen MR) is 79.8 cm³/mol. The molecule has 0 spiro atoms. The van der Waals surface area contributed by atoms with Gasteiger partial charge in [0.2, 0.25) is 5.91 Å². The minimum Gasteiger partial charge on any atom is -0.352 e. The number of benzene rings is 1. The molecule has 1 aromatic carbocycles. The second-order valence-corrected chi connectivity index (χ2v) is 5.96. The first-order chi connectivity index (χ1) is 9.74. The molecule has 3 rings (SSSR count). The molecule has 4 nitrogen and oxygen atoms in total. The van der Waals surface area contributed by atoms with E-state index in [-0.39, 0.29) is 11.9 Å². The second-order valence-electron chi connectivity index (χ2n) is 5.55. The van der Waals surface area contributed by atoms with Crippen molar-refractivity contribution in [1.29, 1.82) is 0 Å². The third-order valence-corrected chi connectivity index (χ3v) is 4.25. The summed E-state index contributed by atoms with van der Waals surface area (Å²) in [5.74, 6) is 0.131. The molecule has 1 heterocycles. The molecule has 1 unspecified atom stereocenters. The lowest BCUT2D eigenvalue weighted by Gasteiger charge is -2.36. The summed E-state index contributed by atoms with van der Waals surface area (Å²) in [4.78, 5) is 14.2. The van der Waals surface area contributed by atoms with Gasteiger partial charge in [-0.05, 0) is 24.5 Å². The summed E-state index contributed by atoms with van der Waals surface area (Å²) in [7, 11) is 0. The van der Waals surface area contributed by atoms with Crippen LogP contribution in [-0.2, 0) is 4.79 Å². The SMILES string of the molecule is O=C(CN1CCNCC1c1ccccc1Cl)NC1CC1. The quantitative estimate of drug-likeness (QED) is 0.886. The lowest BCUT2D eigenvalue weighted by molar-refractivity contribution is -0.123. The maximum atomic E-state index is 12.0. The topological polar surface area (TPSA) is 44.4 Å². The molecule has 1 saturated carbocycles. The van der Waals surface area contributed by atoms with E-state index >= 15 is 0 Å². The highest BCUT2D eigenvalue weighted by Gasteiger charge is 2.29. The van der Waals surface area contributed by atoms with E-state index in [1.165, 1.54) is 0 Å². The van der Waals surface area contributed by atoms with E-state index in [0.29, 0.717) is 12.6 Å². The van der Waals surface area contributed by atoms with Crippen LogP contribution in [0.4, 0.5) is 0 Å². The highest BCUT2D eigenvalue weighted by Crippen LogP contribution is 2.28. The highest BCUT2D eigenvalue weighted by atomic mass is 35.5. The zero-order valence-corrected chi connectivity index (χ0v) is 12.2. The van der Waals surface area contributed by atoms with Crippen LogP contribution in [0.2, 0.25) is 5.02 Å². The van der Waals surface area contributed by atoms with Gasteiger partial charge >= 0.3 is 0 Å². The lowest BCUT2D eigenvalue weighted by atomic mass is 10.0. The predicted octanol–water partition coefficient (Wildman–Crippen LogP) is 1.56. The van der Waals surface area contributed by atoms with E-state index in [4.69, 9.17) is 11.6 Å². The van der Waals surface area contributed by atoms with E-state index in [9.17, 15) is 4.79 Å². The number of nitrogens with one attached hydrogen (secondary N) is 2. The van der Waals surface area contributed by atoms with Crippen molar-refractivity contribution in [1.82, 2.24) is 15.5 Å². The Hall–Kier alpha value is -1.10. The molecule has 5 heteroatoms. The Morgan fingerprint density at radius 2 is 2.20 bits per heavy atom. The minimum atomic E-state index is 0.131. The van der Waals surface area contributed by atoms with Gasteiger partial charge in [0.25, 0.3) is 0 Å². The summed E-state index contributed by atoms with van der Waals surface area (Å²) in [6.45, 7) is 3.07. The molecule has 0 aromatic heterocycles. The lowest BCUT2D eigenvalue weighted by Crippen LogP contribution is -2.49.